The summed E-state index contributed by atoms with van der Waals surface area (Å²) in [7, 11) is 4.92. The molecule has 134 valence electrons. The van der Waals surface area contributed by atoms with Crippen molar-refractivity contribution in [2.75, 3.05) is 26.5 Å². The van der Waals surface area contributed by atoms with Crippen molar-refractivity contribution in [1.29, 1.82) is 0 Å². The van der Waals surface area contributed by atoms with Gasteiger partial charge in [0.2, 0.25) is 0 Å². The zero-order chi connectivity index (χ0) is 18.8. The number of nitrogens with zero attached hydrogens (tertiary/aromatic N) is 3. The molecule has 0 spiro atoms. The SMILES string of the molecule is COc1ccc2nccc(C(=O)Nc3nc(C)c(C(=O)N(C)C)s3)c2c1. The summed E-state index contributed by atoms with van der Waals surface area (Å²) in [6, 6.07) is 7.00. The molecule has 0 atom stereocenters. The number of hydrogen-bond donors (Lipinski definition) is 1. The van der Waals surface area contributed by atoms with Gasteiger partial charge in [0, 0.05) is 25.7 Å². The Balaban J connectivity index is 1.93. The van der Waals surface area contributed by atoms with E-state index >= 15 is 0 Å². The molecule has 7 nitrogen and oxygen atoms in total. The number of methoxy groups -OCH3 is 1. The Labute approximate surface area is 154 Å². The first-order valence-electron chi connectivity index (χ1n) is 7.84. The van der Waals surface area contributed by atoms with Crippen LogP contribution in [0, 0.1) is 6.92 Å². The van der Waals surface area contributed by atoms with E-state index in [-0.39, 0.29) is 11.8 Å². The van der Waals surface area contributed by atoms with Gasteiger partial charge in [-0.25, -0.2) is 4.98 Å². The Morgan fingerprint density at radius 1 is 1.23 bits per heavy atom. The largest absolute Gasteiger partial charge is 0.497 e. The second-order valence-corrected chi connectivity index (χ2v) is 6.83. The Hall–Kier alpha value is -3.00. The highest BCUT2D eigenvalue weighted by molar-refractivity contribution is 7.17. The first-order chi connectivity index (χ1) is 12.4. The molecule has 0 aliphatic rings. The van der Waals surface area contributed by atoms with Gasteiger partial charge in [-0.15, -0.1) is 0 Å². The van der Waals surface area contributed by atoms with Crippen LogP contribution in [-0.2, 0) is 0 Å². The number of thiazole rings is 1. The molecular weight excluding hydrogens is 352 g/mol. The predicted octanol–water partition coefficient (Wildman–Crippen LogP) is 2.96. The van der Waals surface area contributed by atoms with Gasteiger partial charge >= 0.3 is 0 Å². The molecule has 0 unspecified atom stereocenters. The van der Waals surface area contributed by atoms with Crippen molar-refractivity contribution in [2.24, 2.45) is 0 Å². The maximum absolute atomic E-state index is 12.7. The molecule has 2 heterocycles. The molecule has 0 radical (unpaired) electrons. The molecule has 2 aromatic heterocycles. The molecule has 0 saturated carbocycles. The Morgan fingerprint density at radius 3 is 2.69 bits per heavy atom. The van der Waals surface area contributed by atoms with Crippen LogP contribution in [0.4, 0.5) is 5.13 Å². The van der Waals surface area contributed by atoms with E-state index in [1.165, 1.54) is 4.90 Å². The first kappa shape index (κ1) is 17.8. The number of pyridine rings is 1. The molecule has 2 amide bonds. The average Bonchev–Trinajstić information content (AvgIpc) is 2.99. The van der Waals surface area contributed by atoms with E-state index in [0.29, 0.717) is 37.9 Å². The minimum Gasteiger partial charge on any atom is -0.497 e. The summed E-state index contributed by atoms with van der Waals surface area (Å²) in [5.74, 6) is 0.186. The van der Waals surface area contributed by atoms with Crippen LogP contribution in [0.5, 0.6) is 5.75 Å². The minimum absolute atomic E-state index is 0.139. The number of nitrogens with one attached hydrogen (secondary N) is 1. The number of benzene rings is 1. The van der Waals surface area contributed by atoms with Crippen LogP contribution in [0.15, 0.2) is 30.5 Å². The van der Waals surface area contributed by atoms with Gasteiger partial charge in [0.05, 0.1) is 23.9 Å². The summed E-state index contributed by atoms with van der Waals surface area (Å²) >= 11 is 1.16. The van der Waals surface area contributed by atoms with Crippen LogP contribution in [0.2, 0.25) is 0 Å². The van der Waals surface area contributed by atoms with E-state index in [4.69, 9.17) is 4.74 Å². The minimum atomic E-state index is -0.316. The summed E-state index contributed by atoms with van der Waals surface area (Å²) in [5, 5.41) is 3.83. The number of fused-ring (bicyclic) bond motifs is 1. The second-order valence-electron chi connectivity index (χ2n) is 5.83. The maximum atomic E-state index is 12.7. The topological polar surface area (TPSA) is 84.4 Å². The number of carbonyl (C=O) groups excluding carboxylic acids is 2. The molecule has 0 saturated heterocycles. The third kappa shape index (κ3) is 3.36. The first-order valence-corrected chi connectivity index (χ1v) is 8.65. The van der Waals surface area contributed by atoms with Crippen LogP contribution in [-0.4, -0.2) is 47.9 Å². The highest BCUT2D eigenvalue weighted by Crippen LogP contribution is 2.26. The van der Waals surface area contributed by atoms with Gasteiger partial charge in [-0.3, -0.25) is 19.9 Å². The average molecular weight is 370 g/mol. The normalized spacial score (nSPS) is 10.6. The fourth-order valence-electron chi connectivity index (χ4n) is 2.47. The number of aryl methyl sites for hydroxylation is 1. The number of carbonyl (C=O) groups is 2. The van der Waals surface area contributed by atoms with Gasteiger partial charge in [0.1, 0.15) is 10.6 Å². The fourth-order valence-corrected chi connectivity index (χ4v) is 3.45. The van der Waals surface area contributed by atoms with Gasteiger partial charge in [-0.1, -0.05) is 11.3 Å². The smallest absolute Gasteiger partial charge is 0.265 e. The summed E-state index contributed by atoms with van der Waals surface area (Å²) in [4.78, 5) is 35.4. The number of hydrogen-bond acceptors (Lipinski definition) is 6. The molecule has 0 bridgehead atoms. The molecule has 8 heteroatoms. The van der Waals surface area contributed by atoms with Crippen molar-refractivity contribution < 1.29 is 14.3 Å². The Morgan fingerprint density at radius 2 is 2.00 bits per heavy atom. The maximum Gasteiger partial charge on any atom is 0.265 e. The molecule has 1 aromatic carbocycles. The van der Waals surface area contributed by atoms with Crippen molar-refractivity contribution in [2.45, 2.75) is 6.92 Å². The number of ether oxygens (including phenoxy) is 1. The molecule has 3 aromatic rings. The highest BCUT2D eigenvalue weighted by Gasteiger charge is 2.19. The van der Waals surface area contributed by atoms with Crippen molar-refractivity contribution in [3.63, 3.8) is 0 Å². The van der Waals surface area contributed by atoms with Crippen molar-refractivity contribution in [1.82, 2.24) is 14.9 Å². The summed E-state index contributed by atoms with van der Waals surface area (Å²) in [5.41, 5.74) is 1.74. The van der Waals surface area contributed by atoms with Crippen LogP contribution < -0.4 is 10.1 Å². The molecule has 26 heavy (non-hydrogen) atoms. The number of rotatable bonds is 4. The molecule has 1 N–H and O–H groups in total. The lowest BCUT2D eigenvalue weighted by Crippen LogP contribution is -2.21. The van der Waals surface area contributed by atoms with Crippen LogP contribution in [0.1, 0.15) is 25.7 Å². The Bertz CT molecular complexity index is 997. The zero-order valence-corrected chi connectivity index (χ0v) is 15.7. The van der Waals surface area contributed by atoms with Crippen molar-refractivity contribution in [3.8, 4) is 5.75 Å². The summed E-state index contributed by atoms with van der Waals surface area (Å²) in [6.45, 7) is 1.75. The van der Waals surface area contributed by atoms with Gasteiger partial charge in [-0.05, 0) is 31.2 Å². The predicted molar refractivity (Wildman–Crippen MR) is 101 cm³/mol. The molecule has 0 aliphatic heterocycles. The lowest BCUT2D eigenvalue weighted by Gasteiger charge is -2.08. The lowest BCUT2D eigenvalue weighted by molar-refractivity contribution is 0.0831. The van der Waals surface area contributed by atoms with E-state index < -0.39 is 0 Å². The number of aromatic nitrogens is 2. The highest BCUT2D eigenvalue weighted by atomic mass is 32.1. The van der Waals surface area contributed by atoms with Crippen molar-refractivity contribution in [3.05, 3.63) is 46.6 Å². The number of anilines is 1. The van der Waals surface area contributed by atoms with E-state index in [9.17, 15) is 9.59 Å². The van der Waals surface area contributed by atoms with Gasteiger partial charge in [-0.2, -0.15) is 0 Å². The standard InChI is InChI=1S/C18H18N4O3S/c1-10-15(17(24)22(2)3)26-18(20-10)21-16(23)12-7-8-19-14-6-5-11(25-4)9-13(12)14/h5-9H,1-4H3,(H,20,21,23). The third-order valence-corrected chi connectivity index (χ3v) is 4.87. The molecule has 0 aliphatic carbocycles. The van der Waals surface area contributed by atoms with Gasteiger partial charge in [0.15, 0.2) is 5.13 Å². The Kier molecular flexibility index (Phi) is 4.85. The third-order valence-electron chi connectivity index (χ3n) is 3.81. The van der Waals surface area contributed by atoms with E-state index in [2.05, 4.69) is 15.3 Å². The molecular formula is C18H18N4O3S. The fraction of sp³-hybridized carbons (Fsp3) is 0.222. The van der Waals surface area contributed by atoms with Gasteiger partial charge < -0.3 is 9.64 Å². The van der Waals surface area contributed by atoms with Crippen LogP contribution in [0.25, 0.3) is 10.9 Å². The van der Waals surface area contributed by atoms with Crippen LogP contribution in [0.3, 0.4) is 0 Å². The molecule has 3 rings (SSSR count). The summed E-state index contributed by atoms with van der Waals surface area (Å²) < 4.78 is 5.23. The zero-order valence-electron chi connectivity index (χ0n) is 14.9. The quantitative estimate of drug-likeness (QED) is 0.763. The monoisotopic (exact) mass is 370 g/mol. The van der Waals surface area contributed by atoms with Crippen LogP contribution >= 0.6 is 11.3 Å². The second kappa shape index (κ2) is 7.09. The van der Waals surface area contributed by atoms with E-state index in [1.807, 2.05) is 0 Å². The number of amides is 2. The van der Waals surface area contributed by atoms with Crippen molar-refractivity contribution >= 4 is 39.2 Å². The lowest BCUT2D eigenvalue weighted by atomic mass is 10.1. The summed E-state index contributed by atoms with van der Waals surface area (Å²) in [6.07, 6.45) is 1.58. The van der Waals surface area contributed by atoms with Gasteiger partial charge in [0.25, 0.3) is 11.8 Å². The molecule has 0 fully saturated rings. The van der Waals surface area contributed by atoms with E-state index in [1.54, 1.807) is 58.6 Å². The van der Waals surface area contributed by atoms with E-state index in [0.717, 1.165) is 11.3 Å².